The molecule has 0 spiro atoms. The number of hydrogen-bond donors (Lipinski definition) is 1. The Labute approximate surface area is 146 Å². The molecule has 0 saturated heterocycles. The van der Waals surface area contributed by atoms with Crippen LogP contribution in [0, 0.1) is 0 Å². The molecule has 1 N–H and O–H groups in total. The van der Waals surface area contributed by atoms with E-state index in [1.807, 2.05) is 30.3 Å². The number of benzene rings is 1. The van der Waals surface area contributed by atoms with Crippen LogP contribution in [0.15, 0.2) is 59.3 Å². The maximum absolute atomic E-state index is 12.1. The number of aromatic nitrogens is 3. The summed E-state index contributed by atoms with van der Waals surface area (Å²) in [6, 6.07) is 13.3. The van der Waals surface area contributed by atoms with Gasteiger partial charge in [-0.1, -0.05) is 30.3 Å². The van der Waals surface area contributed by atoms with Crippen LogP contribution in [0.1, 0.15) is 17.9 Å². The first-order chi connectivity index (χ1) is 12.1. The Hall–Kier alpha value is -2.58. The van der Waals surface area contributed by atoms with Gasteiger partial charge >= 0.3 is 0 Å². The SMILES string of the molecule is O=S(=O)(CCCc1ccccc1)NCc1nnc(-c2cccnc2)o1. The molecule has 8 heteroatoms. The maximum atomic E-state index is 12.1. The van der Waals surface area contributed by atoms with Gasteiger partial charge in [-0.2, -0.15) is 0 Å². The highest BCUT2D eigenvalue weighted by Gasteiger charge is 2.13. The van der Waals surface area contributed by atoms with Crippen LogP contribution in [-0.4, -0.2) is 29.4 Å². The van der Waals surface area contributed by atoms with Crippen LogP contribution >= 0.6 is 0 Å². The normalized spacial score (nSPS) is 11.5. The number of pyridine rings is 1. The average molecular weight is 358 g/mol. The molecule has 7 nitrogen and oxygen atoms in total. The van der Waals surface area contributed by atoms with Gasteiger partial charge < -0.3 is 4.42 Å². The third-order valence-corrected chi connectivity index (χ3v) is 4.95. The fourth-order valence-corrected chi connectivity index (χ4v) is 3.30. The first kappa shape index (κ1) is 17.2. The summed E-state index contributed by atoms with van der Waals surface area (Å²) in [6.07, 6.45) is 4.51. The zero-order chi connectivity index (χ0) is 17.5. The standard InChI is InChI=1S/C17H18N4O3S/c22-25(23,11-5-8-14-6-2-1-3-7-14)19-13-16-20-21-17(24-16)15-9-4-10-18-12-15/h1-4,6-7,9-10,12,19H,5,8,11,13H2. The minimum Gasteiger partial charge on any atom is -0.419 e. The molecule has 2 heterocycles. The summed E-state index contributed by atoms with van der Waals surface area (Å²) in [7, 11) is -3.40. The summed E-state index contributed by atoms with van der Waals surface area (Å²) in [5, 5.41) is 7.75. The van der Waals surface area contributed by atoms with Crippen molar-refractivity contribution in [3.8, 4) is 11.5 Å². The molecule has 0 unspecified atom stereocenters. The Morgan fingerprint density at radius 2 is 1.88 bits per heavy atom. The summed E-state index contributed by atoms with van der Waals surface area (Å²) >= 11 is 0. The van der Waals surface area contributed by atoms with E-state index in [2.05, 4.69) is 19.9 Å². The maximum Gasteiger partial charge on any atom is 0.249 e. The van der Waals surface area contributed by atoms with Gasteiger partial charge in [0.25, 0.3) is 0 Å². The molecular weight excluding hydrogens is 340 g/mol. The van der Waals surface area contributed by atoms with E-state index < -0.39 is 10.0 Å². The summed E-state index contributed by atoms with van der Waals surface area (Å²) < 4.78 is 32.1. The van der Waals surface area contributed by atoms with Gasteiger partial charge in [-0.05, 0) is 30.5 Å². The Bertz CT molecular complexity index is 896. The van der Waals surface area contributed by atoms with E-state index in [9.17, 15) is 8.42 Å². The van der Waals surface area contributed by atoms with Crippen LogP contribution in [0.4, 0.5) is 0 Å². The molecule has 0 fully saturated rings. The number of sulfonamides is 1. The van der Waals surface area contributed by atoms with Gasteiger partial charge in [-0.15, -0.1) is 10.2 Å². The fourth-order valence-electron chi connectivity index (χ4n) is 2.29. The van der Waals surface area contributed by atoms with Crippen molar-refractivity contribution in [2.24, 2.45) is 0 Å². The molecule has 1 aromatic carbocycles. The summed E-state index contributed by atoms with van der Waals surface area (Å²) in [5.41, 5.74) is 1.81. The third kappa shape index (κ3) is 5.20. The molecule has 25 heavy (non-hydrogen) atoms. The monoisotopic (exact) mass is 358 g/mol. The third-order valence-electron chi connectivity index (χ3n) is 3.54. The number of nitrogens with one attached hydrogen (secondary N) is 1. The summed E-state index contributed by atoms with van der Waals surface area (Å²) in [5.74, 6) is 0.572. The topological polar surface area (TPSA) is 98.0 Å². The van der Waals surface area contributed by atoms with Crippen molar-refractivity contribution in [2.45, 2.75) is 19.4 Å². The van der Waals surface area contributed by atoms with Gasteiger partial charge in [-0.25, -0.2) is 13.1 Å². The van der Waals surface area contributed by atoms with Gasteiger partial charge in [0.05, 0.1) is 17.9 Å². The Morgan fingerprint density at radius 3 is 2.64 bits per heavy atom. The van der Waals surface area contributed by atoms with E-state index >= 15 is 0 Å². The number of hydrogen-bond acceptors (Lipinski definition) is 6. The van der Waals surface area contributed by atoms with Gasteiger partial charge in [0, 0.05) is 12.4 Å². The zero-order valence-corrected chi connectivity index (χ0v) is 14.3. The second-order valence-electron chi connectivity index (χ2n) is 5.47. The van der Waals surface area contributed by atoms with Crippen LogP contribution in [0.25, 0.3) is 11.5 Å². The largest absolute Gasteiger partial charge is 0.419 e. The van der Waals surface area contributed by atoms with Crippen molar-refractivity contribution in [3.05, 3.63) is 66.3 Å². The van der Waals surface area contributed by atoms with Crippen LogP contribution in [0.5, 0.6) is 0 Å². The second kappa shape index (κ2) is 8.00. The predicted molar refractivity (Wildman–Crippen MR) is 92.9 cm³/mol. The van der Waals surface area contributed by atoms with Crippen molar-refractivity contribution in [3.63, 3.8) is 0 Å². The smallest absolute Gasteiger partial charge is 0.249 e. The van der Waals surface area contributed by atoms with Crippen LogP contribution in [-0.2, 0) is 23.0 Å². The van der Waals surface area contributed by atoms with E-state index in [-0.39, 0.29) is 18.2 Å². The molecule has 0 aliphatic carbocycles. The lowest BCUT2D eigenvalue weighted by atomic mass is 10.1. The predicted octanol–water partition coefficient (Wildman–Crippen LogP) is 2.18. The van der Waals surface area contributed by atoms with Crippen molar-refractivity contribution in [2.75, 3.05) is 5.75 Å². The number of nitrogens with zero attached hydrogens (tertiary/aromatic N) is 3. The lowest BCUT2D eigenvalue weighted by molar-refractivity contribution is 0.493. The van der Waals surface area contributed by atoms with Gasteiger partial charge in [0.2, 0.25) is 21.8 Å². The first-order valence-corrected chi connectivity index (χ1v) is 9.52. The van der Waals surface area contributed by atoms with E-state index in [1.54, 1.807) is 24.5 Å². The van der Waals surface area contributed by atoms with Crippen molar-refractivity contribution >= 4 is 10.0 Å². The Balaban J connectivity index is 1.50. The molecule has 0 aliphatic heterocycles. The van der Waals surface area contributed by atoms with Crippen LogP contribution in [0.2, 0.25) is 0 Å². The molecular formula is C17H18N4O3S. The first-order valence-electron chi connectivity index (χ1n) is 7.86. The van der Waals surface area contributed by atoms with Gasteiger partial charge in [0.15, 0.2) is 0 Å². The minimum absolute atomic E-state index is 0.0269. The highest BCUT2D eigenvalue weighted by molar-refractivity contribution is 7.89. The molecule has 3 aromatic rings. The second-order valence-corrected chi connectivity index (χ2v) is 7.40. The molecule has 0 aliphatic rings. The van der Waals surface area contributed by atoms with E-state index in [0.717, 1.165) is 5.56 Å². The summed E-state index contributed by atoms with van der Waals surface area (Å²) in [4.78, 5) is 3.97. The highest BCUT2D eigenvalue weighted by atomic mass is 32.2. The van der Waals surface area contributed by atoms with E-state index in [1.165, 1.54) is 0 Å². The summed E-state index contributed by atoms with van der Waals surface area (Å²) in [6.45, 7) is -0.0269. The lowest BCUT2D eigenvalue weighted by Gasteiger charge is -2.05. The van der Waals surface area contributed by atoms with Gasteiger partial charge in [0.1, 0.15) is 0 Å². The molecule has 0 amide bonds. The zero-order valence-electron chi connectivity index (χ0n) is 13.5. The molecule has 0 radical (unpaired) electrons. The molecule has 0 atom stereocenters. The quantitative estimate of drug-likeness (QED) is 0.663. The molecule has 0 bridgehead atoms. The molecule has 3 rings (SSSR count). The van der Waals surface area contributed by atoms with E-state index in [4.69, 9.17) is 4.42 Å². The number of rotatable bonds is 8. The number of aryl methyl sites for hydroxylation is 1. The van der Waals surface area contributed by atoms with Crippen molar-refractivity contribution in [1.29, 1.82) is 0 Å². The van der Waals surface area contributed by atoms with Gasteiger partial charge in [-0.3, -0.25) is 4.98 Å². The Morgan fingerprint density at radius 1 is 1.04 bits per heavy atom. The van der Waals surface area contributed by atoms with Crippen LogP contribution in [0.3, 0.4) is 0 Å². The van der Waals surface area contributed by atoms with Crippen molar-refractivity contribution < 1.29 is 12.8 Å². The van der Waals surface area contributed by atoms with E-state index in [0.29, 0.717) is 24.3 Å². The van der Waals surface area contributed by atoms with Crippen LogP contribution < -0.4 is 4.72 Å². The lowest BCUT2D eigenvalue weighted by Crippen LogP contribution is -2.26. The minimum atomic E-state index is -3.40. The van der Waals surface area contributed by atoms with Crippen molar-refractivity contribution in [1.82, 2.24) is 19.9 Å². The highest BCUT2D eigenvalue weighted by Crippen LogP contribution is 2.15. The molecule has 0 saturated carbocycles. The average Bonchev–Trinajstić information content (AvgIpc) is 3.11. The molecule has 2 aromatic heterocycles. The fraction of sp³-hybridized carbons (Fsp3) is 0.235. The molecule has 130 valence electrons. The Kier molecular flexibility index (Phi) is 5.52.